The molecule has 1 aromatic carbocycles. The molecule has 1 rings (SSSR count). The lowest BCUT2D eigenvalue weighted by Gasteiger charge is -2.20. The zero-order valence-electron chi connectivity index (χ0n) is 10.3. The third-order valence-electron chi connectivity index (χ3n) is 2.82. The highest BCUT2D eigenvalue weighted by molar-refractivity contribution is 5.74. The van der Waals surface area contributed by atoms with Crippen LogP contribution in [-0.2, 0) is 11.2 Å². The lowest BCUT2D eigenvalue weighted by atomic mass is 9.99. The normalized spacial score (nSPS) is 12.8. The van der Waals surface area contributed by atoms with Gasteiger partial charge in [0.15, 0.2) is 0 Å². The number of carbonyl (C=O) groups is 1. The third kappa shape index (κ3) is 3.07. The maximum Gasteiger partial charge on any atom is 0.321 e. The number of rotatable bonds is 4. The number of benzene rings is 1. The summed E-state index contributed by atoms with van der Waals surface area (Å²) in [6.45, 7) is 4.06. The average molecular weight is 221 g/mol. The lowest BCUT2D eigenvalue weighted by Crippen LogP contribution is -2.37. The molecule has 0 bridgehead atoms. The molecule has 0 aliphatic heterocycles. The Labute approximate surface area is 96.7 Å². The van der Waals surface area contributed by atoms with Crippen molar-refractivity contribution in [2.45, 2.75) is 26.3 Å². The maximum absolute atomic E-state index is 11.1. The summed E-state index contributed by atoms with van der Waals surface area (Å²) < 4.78 is 0. The fourth-order valence-corrected chi connectivity index (χ4v) is 1.77. The molecule has 0 aliphatic rings. The molecular formula is C13H19NO2. The molecule has 16 heavy (non-hydrogen) atoms. The summed E-state index contributed by atoms with van der Waals surface area (Å²) in [5.74, 6) is -0.773. The van der Waals surface area contributed by atoms with Crippen molar-refractivity contribution in [2.24, 2.45) is 0 Å². The molecule has 0 aromatic heterocycles. The van der Waals surface area contributed by atoms with Gasteiger partial charge in [0.2, 0.25) is 0 Å². The van der Waals surface area contributed by atoms with Crippen molar-refractivity contribution in [2.75, 3.05) is 14.1 Å². The van der Waals surface area contributed by atoms with Crippen LogP contribution in [0.4, 0.5) is 0 Å². The van der Waals surface area contributed by atoms with E-state index in [1.165, 1.54) is 5.56 Å². The van der Waals surface area contributed by atoms with Gasteiger partial charge in [-0.3, -0.25) is 9.69 Å². The van der Waals surface area contributed by atoms with Gasteiger partial charge in [-0.05, 0) is 45.5 Å². The van der Waals surface area contributed by atoms with E-state index < -0.39 is 12.0 Å². The van der Waals surface area contributed by atoms with E-state index >= 15 is 0 Å². The summed E-state index contributed by atoms with van der Waals surface area (Å²) >= 11 is 0. The molecule has 3 heteroatoms. The second-order valence-corrected chi connectivity index (χ2v) is 4.45. The highest BCUT2D eigenvalue weighted by Crippen LogP contribution is 2.14. The van der Waals surface area contributed by atoms with Crippen LogP contribution in [0.25, 0.3) is 0 Å². The van der Waals surface area contributed by atoms with Crippen molar-refractivity contribution >= 4 is 5.97 Å². The van der Waals surface area contributed by atoms with Crippen molar-refractivity contribution in [1.29, 1.82) is 0 Å². The van der Waals surface area contributed by atoms with Gasteiger partial charge >= 0.3 is 5.97 Å². The zero-order valence-corrected chi connectivity index (χ0v) is 10.3. The first-order chi connectivity index (χ1) is 7.41. The molecule has 1 aromatic rings. The van der Waals surface area contributed by atoms with E-state index in [0.29, 0.717) is 6.42 Å². The van der Waals surface area contributed by atoms with Crippen molar-refractivity contribution in [1.82, 2.24) is 4.90 Å². The van der Waals surface area contributed by atoms with Gasteiger partial charge in [-0.15, -0.1) is 0 Å². The molecule has 0 aliphatic carbocycles. The van der Waals surface area contributed by atoms with E-state index in [4.69, 9.17) is 5.11 Å². The second-order valence-electron chi connectivity index (χ2n) is 4.45. The molecule has 88 valence electrons. The standard InChI is InChI=1S/C13H19NO2/c1-9-5-6-11(10(2)7-9)8-12(13(15)16)14(3)4/h5-7,12H,8H2,1-4H3,(H,15,16)/t12-/m1/s1. The molecule has 1 atom stereocenters. The van der Waals surface area contributed by atoms with Crippen molar-refractivity contribution in [3.63, 3.8) is 0 Å². The monoisotopic (exact) mass is 221 g/mol. The van der Waals surface area contributed by atoms with Gasteiger partial charge in [-0.25, -0.2) is 0 Å². The van der Waals surface area contributed by atoms with Crippen LogP contribution < -0.4 is 0 Å². The molecule has 0 heterocycles. The number of nitrogens with zero attached hydrogens (tertiary/aromatic N) is 1. The molecule has 3 nitrogen and oxygen atoms in total. The number of hydrogen-bond acceptors (Lipinski definition) is 2. The minimum Gasteiger partial charge on any atom is -0.480 e. The van der Waals surface area contributed by atoms with Gasteiger partial charge in [0, 0.05) is 0 Å². The molecule has 1 N–H and O–H groups in total. The van der Waals surface area contributed by atoms with E-state index in [-0.39, 0.29) is 0 Å². The smallest absolute Gasteiger partial charge is 0.321 e. The zero-order chi connectivity index (χ0) is 12.3. The van der Waals surface area contributed by atoms with Crippen LogP contribution in [0.2, 0.25) is 0 Å². The van der Waals surface area contributed by atoms with Crippen LogP contribution in [0, 0.1) is 13.8 Å². The first-order valence-corrected chi connectivity index (χ1v) is 5.37. The number of aliphatic carboxylic acids is 1. The summed E-state index contributed by atoms with van der Waals surface area (Å²) in [7, 11) is 3.59. The van der Waals surface area contributed by atoms with Gasteiger partial charge in [0.05, 0.1) is 0 Å². The largest absolute Gasteiger partial charge is 0.480 e. The summed E-state index contributed by atoms with van der Waals surface area (Å²) in [5.41, 5.74) is 3.47. The van der Waals surface area contributed by atoms with Crippen LogP contribution in [0.1, 0.15) is 16.7 Å². The van der Waals surface area contributed by atoms with Crippen molar-refractivity contribution in [3.8, 4) is 0 Å². The highest BCUT2D eigenvalue weighted by atomic mass is 16.4. The second kappa shape index (κ2) is 5.12. The fraction of sp³-hybridized carbons (Fsp3) is 0.462. The Morgan fingerprint density at radius 3 is 2.44 bits per heavy atom. The lowest BCUT2D eigenvalue weighted by molar-refractivity contribution is -0.142. The Hall–Kier alpha value is -1.35. The topological polar surface area (TPSA) is 40.5 Å². The molecule has 0 radical (unpaired) electrons. The van der Waals surface area contributed by atoms with Crippen LogP contribution in [0.15, 0.2) is 18.2 Å². The van der Waals surface area contributed by atoms with Gasteiger partial charge in [-0.1, -0.05) is 23.8 Å². The minimum atomic E-state index is -0.773. The number of hydrogen-bond donors (Lipinski definition) is 1. The van der Waals surface area contributed by atoms with Gasteiger partial charge in [0.25, 0.3) is 0 Å². The van der Waals surface area contributed by atoms with E-state index in [9.17, 15) is 4.79 Å². The molecular weight excluding hydrogens is 202 g/mol. The summed E-state index contributed by atoms with van der Waals surface area (Å²) in [4.78, 5) is 12.8. The Bertz CT molecular complexity index is 386. The minimum absolute atomic E-state index is 0.457. The number of likely N-dealkylation sites (N-methyl/N-ethyl adjacent to an activating group) is 1. The first-order valence-electron chi connectivity index (χ1n) is 5.37. The van der Waals surface area contributed by atoms with Crippen LogP contribution in [-0.4, -0.2) is 36.1 Å². The predicted octanol–water partition coefficient (Wildman–Crippen LogP) is 1.86. The predicted molar refractivity (Wildman–Crippen MR) is 64.7 cm³/mol. The van der Waals surface area contributed by atoms with Gasteiger partial charge < -0.3 is 5.11 Å². The Kier molecular flexibility index (Phi) is 4.07. The molecule has 0 spiro atoms. The molecule has 0 fully saturated rings. The molecule has 0 unspecified atom stereocenters. The quantitative estimate of drug-likeness (QED) is 0.843. The average Bonchev–Trinajstić information content (AvgIpc) is 2.15. The number of carboxylic acid groups (broad SMARTS) is 1. The van der Waals surface area contributed by atoms with E-state index in [1.807, 2.05) is 26.0 Å². The molecule has 0 saturated carbocycles. The Morgan fingerprint density at radius 2 is 2.00 bits per heavy atom. The number of carboxylic acids is 1. The van der Waals surface area contributed by atoms with Gasteiger partial charge in [-0.2, -0.15) is 0 Å². The summed E-state index contributed by atoms with van der Waals surface area (Å²) in [6.07, 6.45) is 0.550. The van der Waals surface area contributed by atoms with Crippen LogP contribution in [0.3, 0.4) is 0 Å². The first kappa shape index (κ1) is 12.7. The van der Waals surface area contributed by atoms with Crippen LogP contribution in [0.5, 0.6) is 0 Å². The number of aryl methyl sites for hydroxylation is 2. The molecule has 0 saturated heterocycles. The fourth-order valence-electron chi connectivity index (χ4n) is 1.77. The van der Waals surface area contributed by atoms with Gasteiger partial charge in [0.1, 0.15) is 6.04 Å². The SMILES string of the molecule is Cc1ccc(C[C@H](C(=O)O)N(C)C)c(C)c1. The highest BCUT2D eigenvalue weighted by Gasteiger charge is 2.20. The summed E-state index contributed by atoms with van der Waals surface area (Å²) in [5, 5.41) is 9.11. The molecule has 0 amide bonds. The van der Waals surface area contributed by atoms with Crippen molar-refractivity contribution in [3.05, 3.63) is 34.9 Å². The van der Waals surface area contributed by atoms with E-state index in [1.54, 1.807) is 19.0 Å². The Morgan fingerprint density at radius 1 is 1.38 bits per heavy atom. The van der Waals surface area contributed by atoms with E-state index in [2.05, 4.69) is 6.07 Å². The van der Waals surface area contributed by atoms with Crippen molar-refractivity contribution < 1.29 is 9.90 Å². The Balaban J connectivity index is 2.90. The third-order valence-corrected chi connectivity index (χ3v) is 2.82. The van der Waals surface area contributed by atoms with E-state index in [0.717, 1.165) is 11.1 Å². The summed E-state index contributed by atoms with van der Waals surface area (Å²) in [6, 6.07) is 5.67. The maximum atomic E-state index is 11.1. The van der Waals surface area contributed by atoms with Crippen LogP contribution >= 0.6 is 0 Å².